The van der Waals surface area contributed by atoms with Gasteiger partial charge in [-0.05, 0) is 63.4 Å². The van der Waals surface area contributed by atoms with Gasteiger partial charge in [-0.3, -0.25) is 24.5 Å². The van der Waals surface area contributed by atoms with Crippen molar-refractivity contribution >= 4 is 17.9 Å². The number of hydrogen-bond acceptors (Lipinski definition) is 7. The normalized spacial score (nSPS) is 13.5. The number of nitrogens with one attached hydrogen (secondary N) is 2. The monoisotopic (exact) mass is 561 g/mol. The van der Waals surface area contributed by atoms with Crippen molar-refractivity contribution in [1.82, 2.24) is 35.2 Å². The molecule has 218 valence electrons. The smallest absolute Gasteiger partial charge is 0.407 e. The molecule has 1 saturated heterocycles. The van der Waals surface area contributed by atoms with Gasteiger partial charge in [0.2, 0.25) is 5.91 Å². The van der Waals surface area contributed by atoms with E-state index in [1.54, 1.807) is 33.2 Å². The standard InChI is InChI=1S/C30H39N7O4/c1-30(2,3)41-29(40)34-15-6-9-27(38)36-18-7-19-37(36)28(39)24-12-10-23(11-13-24)20-35(22-26-32-16-17-33-26)21-25-8-4-5-14-31-25/h4-5,8,10-14,16-17H,6-7,9,15,18-22H2,1-3H3,(H,32,33)(H,34,40). The molecule has 2 aromatic heterocycles. The summed E-state index contributed by atoms with van der Waals surface area (Å²) in [5.41, 5.74) is 1.97. The number of rotatable bonds is 11. The first-order chi connectivity index (χ1) is 19.7. The van der Waals surface area contributed by atoms with Crippen molar-refractivity contribution in [2.75, 3.05) is 19.6 Å². The topological polar surface area (TPSA) is 124 Å². The molecule has 2 N–H and O–H groups in total. The van der Waals surface area contributed by atoms with Gasteiger partial charge in [-0.25, -0.2) is 14.8 Å². The number of amides is 3. The quantitative estimate of drug-likeness (QED) is 0.340. The largest absolute Gasteiger partial charge is 0.444 e. The van der Waals surface area contributed by atoms with Gasteiger partial charge in [-0.15, -0.1) is 0 Å². The van der Waals surface area contributed by atoms with Gasteiger partial charge in [-0.1, -0.05) is 18.2 Å². The number of imidazole rings is 1. The number of nitrogens with zero attached hydrogens (tertiary/aromatic N) is 5. The molecule has 0 spiro atoms. The molecule has 41 heavy (non-hydrogen) atoms. The maximum atomic E-state index is 13.3. The van der Waals surface area contributed by atoms with Crippen LogP contribution in [0.5, 0.6) is 0 Å². The Morgan fingerprint density at radius 2 is 1.76 bits per heavy atom. The van der Waals surface area contributed by atoms with Crippen LogP contribution in [0, 0.1) is 0 Å². The predicted octanol–water partition coefficient (Wildman–Crippen LogP) is 3.90. The number of benzene rings is 1. The third kappa shape index (κ3) is 9.14. The Labute approximate surface area is 240 Å². The molecule has 11 heteroatoms. The lowest BCUT2D eigenvalue weighted by Crippen LogP contribution is -2.45. The van der Waals surface area contributed by atoms with Crippen LogP contribution in [0.15, 0.2) is 61.1 Å². The molecule has 1 fully saturated rings. The Balaban J connectivity index is 1.31. The number of hydrogen-bond donors (Lipinski definition) is 2. The summed E-state index contributed by atoms with van der Waals surface area (Å²) in [4.78, 5) is 52.2. The maximum absolute atomic E-state index is 13.3. The highest BCUT2D eigenvalue weighted by molar-refractivity contribution is 5.95. The molecule has 4 rings (SSSR count). The molecule has 1 aromatic carbocycles. The molecule has 0 atom stereocenters. The van der Waals surface area contributed by atoms with Crippen LogP contribution in [0.1, 0.15) is 67.5 Å². The van der Waals surface area contributed by atoms with Crippen LogP contribution in [-0.2, 0) is 29.2 Å². The predicted molar refractivity (Wildman–Crippen MR) is 153 cm³/mol. The van der Waals surface area contributed by atoms with Crippen LogP contribution in [-0.4, -0.2) is 73.0 Å². The van der Waals surface area contributed by atoms with Crippen molar-refractivity contribution in [1.29, 1.82) is 0 Å². The van der Waals surface area contributed by atoms with Gasteiger partial charge in [0.25, 0.3) is 5.91 Å². The van der Waals surface area contributed by atoms with Crippen molar-refractivity contribution in [3.63, 3.8) is 0 Å². The fraction of sp³-hybridized carbons (Fsp3) is 0.433. The number of carbonyl (C=O) groups excluding carboxylic acids is 3. The first-order valence-electron chi connectivity index (χ1n) is 14.0. The van der Waals surface area contributed by atoms with Gasteiger partial charge in [0.1, 0.15) is 11.4 Å². The molecule has 3 heterocycles. The second-order valence-corrected chi connectivity index (χ2v) is 11.0. The van der Waals surface area contributed by atoms with E-state index in [1.165, 1.54) is 10.0 Å². The summed E-state index contributed by atoms with van der Waals surface area (Å²) in [7, 11) is 0. The summed E-state index contributed by atoms with van der Waals surface area (Å²) in [6, 6.07) is 13.4. The van der Waals surface area contributed by atoms with E-state index in [4.69, 9.17) is 4.74 Å². The van der Waals surface area contributed by atoms with Gasteiger partial charge in [0.05, 0.1) is 12.2 Å². The molecular formula is C30H39N7O4. The summed E-state index contributed by atoms with van der Waals surface area (Å²) in [5, 5.41) is 5.72. The first-order valence-corrected chi connectivity index (χ1v) is 14.0. The molecule has 3 aromatic rings. The molecule has 11 nitrogen and oxygen atoms in total. The van der Waals surface area contributed by atoms with Crippen LogP contribution >= 0.6 is 0 Å². The van der Waals surface area contributed by atoms with E-state index in [9.17, 15) is 14.4 Å². The average molecular weight is 562 g/mol. The number of pyridine rings is 1. The zero-order valence-corrected chi connectivity index (χ0v) is 24.0. The summed E-state index contributed by atoms with van der Waals surface area (Å²) in [6.07, 6.45) is 6.23. The van der Waals surface area contributed by atoms with Crippen LogP contribution in [0.2, 0.25) is 0 Å². The van der Waals surface area contributed by atoms with Crippen molar-refractivity contribution in [2.24, 2.45) is 0 Å². The number of carbonyl (C=O) groups is 3. The van der Waals surface area contributed by atoms with Gasteiger partial charge >= 0.3 is 6.09 Å². The SMILES string of the molecule is CC(C)(C)OC(=O)NCCCC(=O)N1CCCN1C(=O)c1ccc(CN(Cc2ccccn2)Cc2ncc[nH]2)cc1. The minimum atomic E-state index is -0.576. The lowest BCUT2D eigenvalue weighted by Gasteiger charge is -2.28. The van der Waals surface area contributed by atoms with Crippen LogP contribution in [0.4, 0.5) is 4.79 Å². The zero-order valence-electron chi connectivity index (χ0n) is 24.0. The molecule has 0 unspecified atom stereocenters. The Kier molecular flexibility index (Phi) is 10.1. The fourth-order valence-electron chi connectivity index (χ4n) is 4.60. The van der Waals surface area contributed by atoms with E-state index in [-0.39, 0.29) is 18.2 Å². The second kappa shape index (κ2) is 13.9. The van der Waals surface area contributed by atoms with E-state index in [2.05, 4.69) is 25.2 Å². The fourth-order valence-corrected chi connectivity index (χ4v) is 4.60. The summed E-state index contributed by atoms with van der Waals surface area (Å²) >= 11 is 0. The Morgan fingerprint density at radius 3 is 2.44 bits per heavy atom. The average Bonchev–Trinajstić information content (AvgIpc) is 3.63. The van der Waals surface area contributed by atoms with E-state index >= 15 is 0 Å². The molecule has 0 bridgehead atoms. The van der Waals surface area contributed by atoms with Gasteiger partial charge in [0, 0.05) is 63.3 Å². The molecule has 0 aliphatic carbocycles. The second-order valence-electron chi connectivity index (χ2n) is 11.0. The van der Waals surface area contributed by atoms with Gasteiger partial charge in [-0.2, -0.15) is 0 Å². The third-order valence-corrected chi connectivity index (χ3v) is 6.44. The van der Waals surface area contributed by atoms with E-state index in [1.807, 2.05) is 48.7 Å². The minimum absolute atomic E-state index is 0.137. The Bertz CT molecular complexity index is 1270. The third-order valence-electron chi connectivity index (χ3n) is 6.44. The van der Waals surface area contributed by atoms with Gasteiger partial charge in [0.15, 0.2) is 0 Å². The lowest BCUT2D eigenvalue weighted by molar-refractivity contribution is -0.140. The molecule has 0 saturated carbocycles. The van der Waals surface area contributed by atoms with Gasteiger partial charge < -0.3 is 15.0 Å². The molecule has 1 aliphatic heterocycles. The maximum Gasteiger partial charge on any atom is 0.407 e. The highest BCUT2D eigenvalue weighted by Crippen LogP contribution is 2.19. The van der Waals surface area contributed by atoms with Crippen LogP contribution in [0.3, 0.4) is 0 Å². The zero-order chi connectivity index (χ0) is 29.2. The molecular weight excluding hydrogens is 522 g/mol. The number of alkyl carbamates (subject to hydrolysis) is 1. The van der Waals surface area contributed by atoms with E-state index in [0.717, 1.165) is 23.5 Å². The first kappa shape index (κ1) is 29.7. The highest BCUT2D eigenvalue weighted by Gasteiger charge is 2.31. The van der Waals surface area contributed by atoms with E-state index < -0.39 is 11.7 Å². The number of hydrazine groups is 1. The summed E-state index contributed by atoms with van der Waals surface area (Å²) in [5.74, 6) is 0.531. The number of H-pyrrole nitrogens is 1. The number of ether oxygens (including phenoxy) is 1. The highest BCUT2D eigenvalue weighted by atomic mass is 16.6. The molecule has 1 aliphatic rings. The minimum Gasteiger partial charge on any atom is -0.444 e. The van der Waals surface area contributed by atoms with Crippen LogP contribution in [0.25, 0.3) is 0 Å². The Morgan fingerprint density at radius 1 is 0.976 bits per heavy atom. The van der Waals surface area contributed by atoms with Crippen molar-refractivity contribution in [3.05, 3.63) is 83.7 Å². The Hall–Kier alpha value is -4.25. The number of aromatic nitrogens is 3. The van der Waals surface area contributed by atoms with Crippen molar-refractivity contribution in [2.45, 2.75) is 65.3 Å². The lowest BCUT2D eigenvalue weighted by atomic mass is 10.1. The summed E-state index contributed by atoms with van der Waals surface area (Å²) in [6.45, 7) is 8.62. The molecule has 0 radical (unpaired) electrons. The summed E-state index contributed by atoms with van der Waals surface area (Å²) < 4.78 is 5.21. The van der Waals surface area contributed by atoms with Crippen molar-refractivity contribution < 1.29 is 19.1 Å². The van der Waals surface area contributed by atoms with E-state index in [0.29, 0.717) is 51.3 Å². The van der Waals surface area contributed by atoms with Crippen LogP contribution < -0.4 is 5.32 Å². The number of aromatic amines is 1. The molecule has 3 amide bonds. The van der Waals surface area contributed by atoms with Crippen molar-refractivity contribution in [3.8, 4) is 0 Å².